The summed E-state index contributed by atoms with van der Waals surface area (Å²) in [4.78, 5) is 11.8. The van der Waals surface area contributed by atoms with Gasteiger partial charge in [0.15, 0.2) is 0 Å². The number of nitrogens with two attached hydrogens (primary N) is 1. The van der Waals surface area contributed by atoms with E-state index in [1.165, 1.54) is 0 Å². The van der Waals surface area contributed by atoms with E-state index in [2.05, 4.69) is 19.2 Å². The Morgan fingerprint density at radius 1 is 1.44 bits per heavy atom. The largest absolute Gasteiger partial charge is 0.351 e. The molecule has 3 heteroatoms. The maximum atomic E-state index is 11.8. The number of hydrogen-bond acceptors (Lipinski definition) is 2. The van der Waals surface area contributed by atoms with E-state index in [9.17, 15) is 4.79 Å². The molecular weight excluding hydrogens is 200 g/mol. The SMILES string of the molecule is CC1(C)CC1NC(=O)[C@H](N)c1ccccc1. The van der Waals surface area contributed by atoms with Crippen molar-refractivity contribution < 1.29 is 4.79 Å². The first-order valence-electron chi connectivity index (χ1n) is 5.61. The summed E-state index contributed by atoms with van der Waals surface area (Å²) in [5.41, 5.74) is 6.99. The molecular formula is C13H18N2O. The highest BCUT2D eigenvalue weighted by molar-refractivity contribution is 5.83. The normalized spacial score (nSPS) is 23.6. The van der Waals surface area contributed by atoms with Gasteiger partial charge in [0.1, 0.15) is 6.04 Å². The molecule has 0 saturated heterocycles. The van der Waals surface area contributed by atoms with Gasteiger partial charge in [-0.3, -0.25) is 4.79 Å². The highest BCUT2D eigenvalue weighted by Gasteiger charge is 2.46. The van der Waals surface area contributed by atoms with E-state index in [0.29, 0.717) is 0 Å². The second-order valence-corrected chi connectivity index (χ2v) is 5.14. The molecule has 3 N–H and O–H groups in total. The maximum absolute atomic E-state index is 11.8. The van der Waals surface area contributed by atoms with Crippen LogP contribution >= 0.6 is 0 Å². The van der Waals surface area contributed by atoms with Gasteiger partial charge in [-0.15, -0.1) is 0 Å². The number of benzene rings is 1. The van der Waals surface area contributed by atoms with Crippen molar-refractivity contribution >= 4 is 5.91 Å². The number of carbonyl (C=O) groups is 1. The van der Waals surface area contributed by atoms with Crippen LogP contribution in [0.25, 0.3) is 0 Å². The summed E-state index contributed by atoms with van der Waals surface area (Å²) in [7, 11) is 0. The molecule has 86 valence electrons. The second kappa shape index (κ2) is 3.91. The lowest BCUT2D eigenvalue weighted by molar-refractivity contribution is -0.122. The fourth-order valence-corrected chi connectivity index (χ4v) is 1.79. The maximum Gasteiger partial charge on any atom is 0.241 e. The first-order valence-corrected chi connectivity index (χ1v) is 5.61. The summed E-state index contributed by atoms with van der Waals surface area (Å²) in [6.07, 6.45) is 1.04. The molecule has 2 rings (SSSR count). The first kappa shape index (κ1) is 11.1. The van der Waals surface area contributed by atoms with Crippen LogP contribution in [-0.4, -0.2) is 11.9 Å². The fourth-order valence-electron chi connectivity index (χ4n) is 1.79. The lowest BCUT2D eigenvalue weighted by Crippen LogP contribution is -2.36. The van der Waals surface area contributed by atoms with Crippen LogP contribution in [0, 0.1) is 5.41 Å². The van der Waals surface area contributed by atoms with Gasteiger partial charge in [-0.05, 0) is 17.4 Å². The van der Waals surface area contributed by atoms with Crippen LogP contribution in [0.4, 0.5) is 0 Å². The minimum Gasteiger partial charge on any atom is -0.351 e. The zero-order valence-electron chi connectivity index (χ0n) is 9.73. The Bertz CT molecular complexity index is 386. The van der Waals surface area contributed by atoms with Crippen LogP contribution < -0.4 is 11.1 Å². The molecule has 3 nitrogen and oxygen atoms in total. The average Bonchev–Trinajstić information content (AvgIpc) is 2.86. The third-order valence-corrected chi connectivity index (χ3v) is 3.27. The molecule has 1 aromatic rings. The van der Waals surface area contributed by atoms with E-state index in [-0.39, 0.29) is 17.4 Å². The molecule has 0 aromatic heterocycles. The van der Waals surface area contributed by atoms with Crippen molar-refractivity contribution in [3.63, 3.8) is 0 Å². The van der Waals surface area contributed by atoms with E-state index in [1.54, 1.807) is 0 Å². The van der Waals surface area contributed by atoms with Gasteiger partial charge < -0.3 is 11.1 Å². The van der Waals surface area contributed by atoms with Gasteiger partial charge in [0.25, 0.3) is 0 Å². The quantitative estimate of drug-likeness (QED) is 0.809. The highest BCUT2D eigenvalue weighted by atomic mass is 16.2. The zero-order valence-corrected chi connectivity index (χ0v) is 9.73. The van der Waals surface area contributed by atoms with Crippen LogP contribution in [0.2, 0.25) is 0 Å². The number of carbonyl (C=O) groups excluding carboxylic acids is 1. The number of amides is 1. The molecule has 1 saturated carbocycles. The first-order chi connectivity index (χ1) is 7.50. The Morgan fingerprint density at radius 2 is 2.00 bits per heavy atom. The van der Waals surface area contributed by atoms with Gasteiger partial charge in [0.2, 0.25) is 5.91 Å². The van der Waals surface area contributed by atoms with Crippen molar-refractivity contribution in [2.45, 2.75) is 32.4 Å². The molecule has 1 aliphatic carbocycles. The molecule has 0 heterocycles. The van der Waals surface area contributed by atoms with Gasteiger partial charge >= 0.3 is 0 Å². The Balaban J connectivity index is 1.96. The number of hydrogen-bond donors (Lipinski definition) is 2. The smallest absolute Gasteiger partial charge is 0.241 e. The highest BCUT2D eigenvalue weighted by Crippen LogP contribution is 2.44. The van der Waals surface area contributed by atoms with Crippen molar-refractivity contribution in [2.24, 2.45) is 11.1 Å². The number of nitrogens with one attached hydrogen (secondary N) is 1. The third kappa shape index (κ3) is 2.25. The summed E-state index contributed by atoms with van der Waals surface area (Å²) >= 11 is 0. The molecule has 16 heavy (non-hydrogen) atoms. The molecule has 0 aliphatic heterocycles. The minimum absolute atomic E-state index is 0.0817. The van der Waals surface area contributed by atoms with Crippen molar-refractivity contribution in [3.8, 4) is 0 Å². The van der Waals surface area contributed by atoms with Crippen molar-refractivity contribution in [2.75, 3.05) is 0 Å². The molecule has 1 unspecified atom stereocenters. The Hall–Kier alpha value is -1.35. The fraction of sp³-hybridized carbons (Fsp3) is 0.462. The van der Waals surface area contributed by atoms with E-state index in [4.69, 9.17) is 5.73 Å². The summed E-state index contributed by atoms with van der Waals surface area (Å²) in [5.74, 6) is -0.0817. The Morgan fingerprint density at radius 3 is 2.50 bits per heavy atom. The third-order valence-electron chi connectivity index (χ3n) is 3.27. The van der Waals surface area contributed by atoms with Gasteiger partial charge in [-0.1, -0.05) is 44.2 Å². The van der Waals surface area contributed by atoms with Gasteiger partial charge in [0, 0.05) is 6.04 Å². The summed E-state index contributed by atoms with van der Waals surface area (Å²) in [6, 6.07) is 9.18. The topological polar surface area (TPSA) is 55.1 Å². The molecule has 1 amide bonds. The van der Waals surface area contributed by atoms with Crippen LogP contribution in [0.3, 0.4) is 0 Å². The molecule has 0 radical (unpaired) electrons. The minimum atomic E-state index is -0.558. The molecule has 2 atom stereocenters. The predicted octanol–water partition coefficient (Wildman–Crippen LogP) is 1.60. The number of rotatable bonds is 3. The summed E-state index contributed by atoms with van der Waals surface area (Å²) in [6.45, 7) is 4.29. The lowest BCUT2D eigenvalue weighted by Gasteiger charge is -2.13. The van der Waals surface area contributed by atoms with E-state index in [1.807, 2.05) is 30.3 Å². The van der Waals surface area contributed by atoms with Gasteiger partial charge in [-0.2, -0.15) is 0 Å². The lowest BCUT2D eigenvalue weighted by atomic mass is 10.1. The van der Waals surface area contributed by atoms with Crippen LogP contribution in [0.15, 0.2) is 30.3 Å². The van der Waals surface area contributed by atoms with Crippen molar-refractivity contribution in [1.82, 2.24) is 5.32 Å². The van der Waals surface area contributed by atoms with E-state index < -0.39 is 6.04 Å². The monoisotopic (exact) mass is 218 g/mol. The molecule has 0 bridgehead atoms. The van der Waals surface area contributed by atoms with E-state index in [0.717, 1.165) is 12.0 Å². The molecule has 1 aliphatic rings. The van der Waals surface area contributed by atoms with E-state index >= 15 is 0 Å². The van der Waals surface area contributed by atoms with Crippen molar-refractivity contribution in [3.05, 3.63) is 35.9 Å². The molecule has 0 spiro atoms. The second-order valence-electron chi connectivity index (χ2n) is 5.14. The Kier molecular flexibility index (Phi) is 2.72. The zero-order chi connectivity index (χ0) is 11.8. The standard InChI is InChI=1S/C13H18N2O/c1-13(2)8-10(13)15-12(16)11(14)9-6-4-3-5-7-9/h3-7,10-11H,8,14H2,1-2H3,(H,15,16)/t10?,11-/m1/s1. The summed E-state index contributed by atoms with van der Waals surface area (Å²) < 4.78 is 0. The van der Waals surface area contributed by atoms with Crippen LogP contribution in [0.5, 0.6) is 0 Å². The Labute approximate surface area is 96.0 Å². The van der Waals surface area contributed by atoms with Crippen molar-refractivity contribution in [1.29, 1.82) is 0 Å². The molecule has 1 fully saturated rings. The van der Waals surface area contributed by atoms with Gasteiger partial charge in [0.05, 0.1) is 0 Å². The predicted molar refractivity (Wildman–Crippen MR) is 63.7 cm³/mol. The van der Waals surface area contributed by atoms with Gasteiger partial charge in [-0.25, -0.2) is 0 Å². The van der Waals surface area contributed by atoms with Crippen LogP contribution in [-0.2, 0) is 4.79 Å². The average molecular weight is 218 g/mol. The van der Waals surface area contributed by atoms with Crippen LogP contribution in [0.1, 0.15) is 31.9 Å². The summed E-state index contributed by atoms with van der Waals surface area (Å²) in [5, 5.41) is 2.98. The molecule has 1 aromatic carbocycles.